The van der Waals surface area contributed by atoms with Crippen LogP contribution < -0.4 is 10.7 Å². The maximum atomic E-state index is 14.7. The minimum atomic E-state index is -1.08. The van der Waals surface area contributed by atoms with E-state index in [0.717, 1.165) is 44.7 Å². The van der Waals surface area contributed by atoms with Crippen LogP contribution in [0.2, 0.25) is 0 Å². The van der Waals surface area contributed by atoms with Gasteiger partial charge in [0.25, 0.3) is 5.91 Å². The standard InChI is InChI=1S/C49H66N10O7S/c1-10-57-39-16-15-31-21-34(39)35(44(57)33-13-11-17-50-42(33)30(4)65-9)23-49(5,6)28-66-47(63)36-14-12-18-59(53-36)46(62)37(22-40-51-38(31)27-67-40)52-45(61)43(29(2)3)55(8)48(64)56-19-20-58-32(25-56)24-54(7)26-41(58)60/h11,13,15-17,21,27,29-30,32,36-37,43,53H,10,12,14,18-20,22-26,28H2,1-9H3,(H,52,61)/t30-,32+,36-,37-,43-/m0/s1. The predicted molar refractivity (Wildman–Crippen MR) is 256 cm³/mol. The van der Waals surface area contributed by atoms with Gasteiger partial charge < -0.3 is 34.1 Å². The summed E-state index contributed by atoms with van der Waals surface area (Å²) < 4.78 is 14.3. The molecule has 6 bridgehead atoms. The Kier molecular flexibility index (Phi) is 14.1. The number of likely N-dealkylation sites (N-methyl/N-ethyl adjacent to an activating group) is 2. The largest absolute Gasteiger partial charge is 0.464 e. The van der Waals surface area contributed by atoms with Gasteiger partial charge in [0.2, 0.25) is 11.8 Å². The van der Waals surface area contributed by atoms with Crippen molar-refractivity contribution in [3.05, 3.63) is 58.2 Å². The highest BCUT2D eigenvalue weighted by Gasteiger charge is 2.42. The molecular formula is C49H66N10O7S. The van der Waals surface area contributed by atoms with Crippen LogP contribution in [0, 0.1) is 11.3 Å². The Balaban J connectivity index is 1.14. The van der Waals surface area contributed by atoms with Gasteiger partial charge in [0.15, 0.2) is 0 Å². The highest BCUT2D eigenvalue weighted by atomic mass is 32.1. The van der Waals surface area contributed by atoms with E-state index in [1.807, 2.05) is 49.1 Å². The van der Waals surface area contributed by atoms with Gasteiger partial charge >= 0.3 is 12.0 Å². The zero-order valence-corrected chi connectivity index (χ0v) is 41.2. The normalized spacial score (nSPS) is 22.6. The number of thiazole rings is 1. The molecule has 5 atom stereocenters. The summed E-state index contributed by atoms with van der Waals surface area (Å²) in [5, 5.41) is 8.15. The molecular weight excluding hydrogens is 873 g/mol. The average molecular weight is 939 g/mol. The van der Waals surface area contributed by atoms with Gasteiger partial charge in [-0.15, -0.1) is 11.3 Å². The molecule has 0 unspecified atom stereocenters. The number of aromatic nitrogens is 3. The summed E-state index contributed by atoms with van der Waals surface area (Å²) in [5.41, 5.74) is 9.29. The van der Waals surface area contributed by atoms with E-state index in [1.54, 1.807) is 25.3 Å². The van der Waals surface area contributed by atoms with Crippen molar-refractivity contribution in [2.45, 2.75) is 104 Å². The predicted octanol–water partition coefficient (Wildman–Crippen LogP) is 4.74. The second-order valence-electron chi connectivity index (χ2n) is 19.7. The van der Waals surface area contributed by atoms with Crippen LogP contribution in [-0.2, 0) is 48.0 Å². The first-order chi connectivity index (χ1) is 32.0. The van der Waals surface area contributed by atoms with Crippen molar-refractivity contribution in [1.82, 2.24) is 49.9 Å². The summed E-state index contributed by atoms with van der Waals surface area (Å²) in [6.07, 6.45) is 3.20. The van der Waals surface area contributed by atoms with Crippen molar-refractivity contribution in [1.29, 1.82) is 0 Å². The van der Waals surface area contributed by atoms with E-state index in [-0.39, 0.29) is 43.0 Å². The van der Waals surface area contributed by atoms with Crippen molar-refractivity contribution in [3.63, 3.8) is 0 Å². The minimum Gasteiger partial charge on any atom is -0.464 e. The number of benzene rings is 1. The molecule has 1 aromatic carbocycles. The number of cyclic esters (lactones) is 1. The number of amides is 5. The second kappa shape index (κ2) is 19.7. The molecule has 4 aliphatic heterocycles. The van der Waals surface area contributed by atoms with E-state index in [0.29, 0.717) is 70.1 Å². The molecule has 0 spiro atoms. The van der Waals surface area contributed by atoms with Crippen molar-refractivity contribution < 1.29 is 33.4 Å². The number of esters is 1. The fraction of sp³-hybridized carbons (Fsp3) is 0.571. The zero-order valence-electron chi connectivity index (χ0n) is 40.3. The first-order valence-corrected chi connectivity index (χ1v) is 24.5. The summed E-state index contributed by atoms with van der Waals surface area (Å²) in [6.45, 7) is 15.4. The molecule has 360 valence electrons. The van der Waals surface area contributed by atoms with E-state index < -0.39 is 41.3 Å². The molecule has 8 rings (SSSR count). The van der Waals surface area contributed by atoms with Crippen LogP contribution in [0.1, 0.15) is 76.8 Å². The van der Waals surface area contributed by atoms with E-state index in [4.69, 9.17) is 19.4 Å². The number of pyridine rings is 1. The van der Waals surface area contributed by atoms with Gasteiger partial charge in [0.05, 0.1) is 47.4 Å². The third-order valence-corrected chi connectivity index (χ3v) is 14.6. The summed E-state index contributed by atoms with van der Waals surface area (Å²) in [4.78, 5) is 87.0. The maximum Gasteiger partial charge on any atom is 0.324 e. The van der Waals surface area contributed by atoms with E-state index in [2.05, 4.69) is 60.3 Å². The van der Waals surface area contributed by atoms with Gasteiger partial charge in [-0.25, -0.2) is 15.2 Å². The molecule has 4 aromatic rings. The lowest BCUT2D eigenvalue weighted by atomic mass is 9.84. The summed E-state index contributed by atoms with van der Waals surface area (Å²) in [5.74, 6) is -1.61. The van der Waals surface area contributed by atoms with Gasteiger partial charge in [-0.05, 0) is 75.9 Å². The number of nitrogens with one attached hydrogen (secondary N) is 2. The van der Waals surface area contributed by atoms with Gasteiger partial charge in [-0.3, -0.25) is 34.1 Å². The van der Waals surface area contributed by atoms with Crippen LogP contribution in [0.3, 0.4) is 0 Å². The lowest BCUT2D eigenvalue weighted by Gasteiger charge is -2.47. The number of methoxy groups -OCH3 is 1. The molecule has 7 heterocycles. The van der Waals surface area contributed by atoms with Crippen LogP contribution in [0.15, 0.2) is 41.9 Å². The Morgan fingerprint density at radius 2 is 1.90 bits per heavy atom. The number of ether oxygens (including phenoxy) is 2. The van der Waals surface area contributed by atoms with Crippen molar-refractivity contribution in [3.8, 4) is 22.5 Å². The van der Waals surface area contributed by atoms with Crippen molar-refractivity contribution in [2.24, 2.45) is 11.3 Å². The molecule has 2 N–H and O–H groups in total. The van der Waals surface area contributed by atoms with Crippen LogP contribution in [-0.4, -0.2) is 160 Å². The second-order valence-corrected chi connectivity index (χ2v) is 20.7. The molecule has 5 amide bonds. The number of urea groups is 1. The average Bonchev–Trinajstić information content (AvgIpc) is 3.90. The monoisotopic (exact) mass is 938 g/mol. The SMILES string of the molecule is CCn1c(-c2cccnc2[C@H](C)OC)c2c3cc(ccc31)-c1csc(n1)C[C@H](NC(=O)[C@H](C(C)C)N(C)C(=O)N1CCN3C(=O)CN(C)C[C@@H]3C1)C(=O)N1CCC[C@H](N1)C(=O)OCC(C)(C)C2. The molecule has 3 aromatic heterocycles. The number of hydrogen-bond acceptors (Lipinski definition) is 12. The summed E-state index contributed by atoms with van der Waals surface area (Å²) in [6, 6.07) is 7.19. The number of carbonyl (C=O) groups excluding carboxylic acids is 5. The number of hydrazine groups is 1. The molecule has 17 nitrogen and oxygen atoms in total. The number of nitrogens with zero attached hydrogens (tertiary/aromatic N) is 8. The van der Waals surface area contributed by atoms with E-state index >= 15 is 0 Å². The van der Waals surface area contributed by atoms with Crippen molar-refractivity contribution >= 4 is 52.0 Å². The molecule has 0 saturated carbocycles. The van der Waals surface area contributed by atoms with Crippen LogP contribution >= 0.6 is 11.3 Å². The molecule has 3 fully saturated rings. The summed E-state index contributed by atoms with van der Waals surface area (Å²) >= 11 is 1.41. The fourth-order valence-corrected chi connectivity index (χ4v) is 11.2. The molecule has 67 heavy (non-hydrogen) atoms. The first-order valence-electron chi connectivity index (χ1n) is 23.6. The number of carbonyl (C=O) groups is 5. The number of fused-ring (bicyclic) bond motifs is 7. The third kappa shape index (κ3) is 9.81. The highest BCUT2D eigenvalue weighted by Crippen LogP contribution is 2.42. The van der Waals surface area contributed by atoms with Crippen LogP contribution in [0.4, 0.5) is 4.79 Å². The van der Waals surface area contributed by atoms with Gasteiger partial charge in [0, 0.05) is 98.9 Å². The van der Waals surface area contributed by atoms with Gasteiger partial charge in [0.1, 0.15) is 18.1 Å². The molecule has 4 aliphatic rings. The van der Waals surface area contributed by atoms with E-state index in [1.165, 1.54) is 21.2 Å². The zero-order chi connectivity index (χ0) is 47.9. The van der Waals surface area contributed by atoms with Crippen molar-refractivity contribution in [2.75, 3.05) is 67.1 Å². The van der Waals surface area contributed by atoms with E-state index in [9.17, 15) is 24.0 Å². The quantitative estimate of drug-likeness (QED) is 0.234. The molecule has 18 heteroatoms. The number of piperazine rings is 2. The van der Waals surface area contributed by atoms with Gasteiger partial charge in [-0.2, -0.15) is 0 Å². The molecule has 0 radical (unpaired) electrons. The number of hydrogen-bond donors (Lipinski definition) is 2. The lowest BCUT2D eigenvalue weighted by Crippen LogP contribution is -2.66. The Labute approximate surface area is 397 Å². The lowest BCUT2D eigenvalue weighted by molar-refractivity contribution is -0.155. The Bertz CT molecular complexity index is 2520. The Morgan fingerprint density at radius 1 is 1.10 bits per heavy atom. The van der Waals surface area contributed by atoms with Gasteiger partial charge in [-0.1, -0.05) is 33.8 Å². The summed E-state index contributed by atoms with van der Waals surface area (Å²) in [7, 11) is 5.20. The molecule has 3 saturated heterocycles. The Hall–Kier alpha value is -5.43. The number of aryl methyl sites for hydroxylation is 1. The number of rotatable bonds is 8. The third-order valence-electron chi connectivity index (χ3n) is 13.8. The highest BCUT2D eigenvalue weighted by molar-refractivity contribution is 7.10. The topological polar surface area (TPSA) is 175 Å². The smallest absolute Gasteiger partial charge is 0.324 e. The minimum absolute atomic E-state index is 0.0512. The fourth-order valence-electron chi connectivity index (χ4n) is 10.3. The molecule has 0 aliphatic carbocycles. The maximum absolute atomic E-state index is 14.7. The van der Waals surface area contributed by atoms with Crippen LogP contribution in [0.25, 0.3) is 33.4 Å². The first kappa shape index (κ1) is 48.0. The van der Waals surface area contributed by atoms with Crippen LogP contribution in [0.5, 0.6) is 0 Å². The Morgan fingerprint density at radius 3 is 2.64 bits per heavy atom.